The van der Waals surface area contributed by atoms with Crippen LogP contribution in [-0.4, -0.2) is 118 Å². The first-order valence-corrected chi connectivity index (χ1v) is 10.2. The maximum atomic E-state index is 13.6. The highest BCUT2D eigenvalue weighted by Gasteiger charge is 2.49. The first-order chi connectivity index (χ1) is 14.3. The van der Waals surface area contributed by atoms with Gasteiger partial charge in [-0.2, -0.15) is 0 Å². The van der Waals surface area contributed by atoms with E-state index in [9.17, 15) is 35.0 Å². The van der Waals surface area contributed by atoms with Gasteiger partial charge in [-0.1, -0.05) is 0 Å². The highest BCUT2D eigenvalue weighted by atomic mass is 19.1. The summed E-state index contributed by atoms with van der Waals surface area (Å²) in [6, 6.07) is 0. The van der Waals surface area contributed by atoms with E-state index in [1.54, 1.807) is 0 Å². The van der Waals surface area contributed by atoms with Gasteiger partial charge in [0.25, 0.3) is 0 Å². The summed E-state index contributed by atoms with van der Waals surface area (Å²) in [5.41, 5.74) is 5.41. The van der Waals surface area contributed by atoms with E-state index in [0.29, 0.717) is 13.0 Å². The van der Waals surface area contributed by atoms with E-state index < -0.39 is 74.7 Å². The zero-order valence-electron chi connectivity index (χ0n) is 16.7. The van der Waals surface area contributed by atoms with Gasteiger partial charge in [0, 0.05) is 13.0 Å². The average Bonchev–Trinajstić information content (AvgIpc) is 2.83. The minimum Gasteiger partial charge on any atom is -0.394 e. The van der Waals surface area contributed by atoms with Crippen molar-refractivity contribution in [3.05, 3.63) is 0 Å². The van der Waals surface area contributed by atoms with Crippen molar-refractivity contribution in [1.82, 2.24) is 0 Å². The van der Waals surface area contributed by atoms with Crippen molar-refractivity contribution in [3.63, 3.8) is 0 Å². The highest BCUT2D eigenvalue weighted by Crippen LogP contribution is 2.29. The van der Waals surface area contributed by atoms with Crippen molar-refractivity contribution in [2.45, 2.75) is 87.1 Å². The second-order valence-electron chi connectivity index (χ2n) is 7.59. The number of alkyl halides is 1. The molecule has 2 fully saturated rings. The molecular formula is C18H34FNO10. The SMILES string of the molecule is NCCCCCO[C@@H]1OC(CF)[C@@H](O[C@@H]2OC(CO)[C@H](O)C(O)CC2O)C(O)C1O. The Morgan fingerprint density at radius 1 is 0.867 bits per heavy atom. The second-order valence-corrected chi connectivity index (χ2v) is 7.59. The molecule has 11 nitrogen and oxygen atoms in total. The van der Waals surface area contributed by atoms with Crippen LogP contribution in [0.1, 0.15) is 25.7 Å². The van der Waals surface area contributed by atoms with Gasteiger partial charge in [0.2, 0.25) is 0 Å². The minimum atomic E-state index is -1.63. The number of aliphatic hydroxyl groups excluding tert-OH is 6. The van der Waals surface area contributed by atoms with Crippen molar-refractivity contribution in [3.8, 4) is 0 Å². The zero-order chi connectivity index (χ0) is 22.3. The lowest BCUT2D eigenvalue weighted by atomic mass is 9.99. The predicted molar refractivity (Wildman–Crippen MR) is 98.8 cm³/mol. The minimum absolute atomic E-state index is 0.220. The van der Waals surface area contributed by atoms with Gasteiger partial charge >= 0.3 is 0 Å². The van der Waals surface area contributed by atoms with Crippen molar-refractivity contribution >= 4 is 0 Å². The fraction of sp³-hybridized carbons (Fsp3) is 1.00. The number of hydrogen-bond acceptors (Lipinski definition) is 11. The molecule has 0 aromatic carbocycles. The van der Waals surface area contributed by atoms with Crippen molar-refractivity contribution in [2.24, 2.45) is 5.73 Å². The zero-order valence-corrected chi connectivity index (χ0v) is 16.7. The van der Waals surface area contributed by atoms with Gasteiger partial charge in [0.15, 0.2) is 12.6 Å². The van der Waals surface area contributed by atoms with Crippen LogP contribution in [0.2, 0.25) is 0 Å². The largest absolute Gasteiger partial charge is 0.394 e. The highest BCUT2D eigenvalue weighted by molar-refractivity contribution is 4.92. The van der Waals surface area contributed by atoms with E-state index >= 15 is 0 Å². The van der Waals surface area contributed by atoms with Crippen LogP contribution >= 0.6 is 0 Å². The van der Waals surface area contributed by atoms with Crippen LogP contribution in [0, 0.1) is 0 Å². The fourth-order valence-corrected chi connectivity index (χ4v) is 3.48. The lowest BCUT2D eigenvalue weighted by Gasteiger charge is -2.43. The summed E-state index contributed by atoms with van der Waals surface area (Å²) in [6.45, 7) is -0.995. The van der Waals surface area contributed by atoms with E-state index in [-0.39, 0.29) is 13.0 Å². The quantitative estimate of drug-likeness (QED) is 0.172. The van der Waals surface area contributed by atoms with Crippen molar-refractivity contribution in [1.29, 1.82) is 0 Å². The molecule has 0 aromatic rings. The molecule has 0 aromatic heterocycles. The normalized spacial score (nSPS) is 42.8. The molecule has 0 amide bonds. The maximum Gasteiger partial charge on any atom is 0.186 e. The van der Waals surface area contributed by atoms with Crippen LogP contribution < -0.4 is 5.73 Å². The Morgan fingerprint density at radius 2 is 1.57 bits per heavy atom. The molecule has 6 unspecified atom stereocenters. The number of ether oxygens (including phenoxy) is 4. The molecule has 178 valence electrons. The van der Waals surface area contributed by atoms with Gasteiger partial charge in [-0.15, -0.1) is 0 Å². The lowest BCUT2D eigenvalue weighted by Crippen LogP contribution is -2.61. The standard InChI is InChI=1S/C18H34FNO10/c19-7-11-16(14(25)15(26)18(28-11)27-5-3-1-2-4-20)30-17-10(23)6-9(22)13(24)12(8-21)29-17/h9-18,21-26H,1-8,20H2/t9?,10?,11?,12?,13-,14?,15?,16-,17+,18-/m1/s1. The van der Waals surface area contributed by atoms with Gasteiger partial charge in [-0.3, -0.25) is 0 Å². The number of rotatable bonds is 10. The topological polar surface area (TPSA) is 184 Å². The number of halogens is 1. The second kappa shape index (κ2) is 12.5. The molecule has 0 bridgehead atoms. The van der Waals surface area contributed by atoms with E-state index in [0.717, 1.165) is 12.8 Å². The van der Waals surface area contributed by atoms with E-state index in [2.05, 4.69) is 0 Å². The van der Waals surface area contributed by atoms with Crippen LogP contribution in [0.5, 0.6) is 0 Å². The average molecular weight is 443 g/mol. The number of hydrogen-bond donors (Lipinski definition) is 7. The Morgan fingerprint density at radius 3 is 2.20 bits per heavy atom. The van der Waals surface area contributed by atoms with E-state index in [4.69, 9.17) is 24.7 Å². The molecule has 0 spiro atoms. The number of unbranched alkanes of at least 4 members (excludes halogenated alkanes) is 2. The van der Waals surface area contributed by atoms with Crippen LogP contribution in [0.25, 0.3) is 0 Å². The molecule has 2 saturated heterocycles. The summed E-state index contributed by atoms with van der Waals surface area (Å²) in [6.07, 6.45) is -12.4. The van der Waals surface area contributed by atoms with Crippen molar-refractivity contribution < 1.29 is 54.0 Å². The number of nitrogens with two attached hydrogens (primary N) is 1. The third-order valence-corrected chi connectivity index (χ3v) is 5.28. The summed E-state index contributed by atoms with van der Waals surface area (Å²) >= 11 is 0. The van der Waals surface area contributed by atoms with Crippen LogP contribution in [0.4, 0.5) is 4.39 Å². The number of aliphatic hydroxyl groups is 6. The van der Waals surface area contributed by atoms with Crippen LogP contribution in [0.3, 0.4) is 0 Å². The molecule has 12 heteroatoms. The van der Waals surface area contributed by atoms with Gasteiger partial charge in [-0.05, 0) is 25.8 Å². The molecule has 2 rings (SSSR count). The summed E-state index contributed by atoms with van der Waals surface area (Å²) in [4.78, 5) is 0. The van der Waals surface area contributed by atoms with Gasteiger partial charge in [0.1, 0.15) is 49.4 Å². The Kier molecular flexibility index (Phi) is 10.7. The first-order valence-electron chi connectivity index (χ1n) is 10.2. The van der Waals surface area contributed by atoms with Crippen LogP contribution in [-0.2, 0) is 18.9 Å². The predicted octanol–water partition coefficient (Wildman–Crippen LogP) is -2.88. The molecule has 0 saturated carbocycles. The monoisotopic (exact) mass is 443 g/mol. The fourth-order valence-electron chi connectivity index (χ4n) is 3.48. The van der Waals surface area contributed by atoms with Crippen molar-refractivity contribution in [2.75, 3.05) is 26.4 Å². The molecular weight excluding hydrogens is 409 g/mol. The molecule has 0 aliphatic carbocycles. The molecule has 2 aliphatic rings. The summed E-state index contributed by atoms with van der Waals surface area (Å²) in [5.74, 6) is 0. The van der Waals surface area contributed by atoms with Gasteiger partial charge < -0.3 is 55.3 Å². The Bertz CT molecular complexity index is 490. The maximum absolute atomic E-state index is 13.6. The van der Waals surface area contributed by atoms with Crippen LogP contribution in [0.15, 0.2) is 0 Å². The third kappa shape index (κ3) is 6.50. The summed E-state index contributed by atoms with van der Waals surface area (Å²) < 4.78 is 35.2. The van der Waals surface area contributed by atoms with Gasteiger partial charge in [-0.25, -0.2) is 4.39 Å². The Labute approximate surface area is 174 Å². The Hall–Kier alpha value is -0.510. The molecule has 10 atom stereocenters. The molecule has 2 aliphatic heterocycles. The molecule has 0 radical (unpaired) electrons. The summed E-state index contributed by atoms with van der Waals surface area (Å²) in [5, 5.41) is 60.1. The summed E-state index contributed by atoms with van der Waals surface area (Å²) in [7, 11) is 0. The molecule has 8 N–H and O–H groups in total. The first kappa shape index (κ1) is 25.7. The van der Waals surface area contributed by atoms with E-state index in [1.165, 1.54) is 0 Å². The third-order valence-electron chi connectivity index (χ3n) is 5.28. The smallest absolute Gasteiger partial charge is 0.186 e. The lowest BCUT2D eigenvalue weighted by molar-refractivity contribution is -0.336. The van der Waals surface area contributed by atoms with E-state index in [1.807, 2.05) is 0 Å². The van der Waals surface area contributed by atoms with Gasteiger partial charge in [0.05, 0.1) is 12.7 Å². The Balaban J connectivity index is 2.01. The molecule has 30 heavy (non-hydrogen) atoms. The molecule has 2 heterocycles.